The van der Waals surface area contributed by atoms with Crippen LogP contribution in [0.2, 0.25) is 0 Å². The second kappa shape index (κ2) is 2.73. The number of carbonyl (C=O) groups excluding carboxylic acids is 1. The lowest BCUT2D eigenvalue weighted by atomic mass is 10.2. The standard InChI is InChI=1S/C8H6N2O2/c11-5-7-4-6-2-1-3-12-8(6)10-9-7/h1-2,4-5H,3H2. The molecule has 1 aromatic heterocycles. The van der Waals surface area contributed by atoms with Gasteiger partial charge in [-0.25, -0.2) is 0 Å². The van der Waals surface area contributed by atoms with Crippen LogP contribution in [-0.2, 0) is 0 Å². The zero-order chi connectivity index (χ0) is 8.39. The molecular formula is C8H6N2O2. The van der Waals surface area contributed by atoms with Crippen molar-refractivity contribution in [3.63, 3.8) is 0 Å². The Labute approximate surface area is 68.9 Å². The third-order valence-corrected chi connectivity index (χ3v) is 1.54. The molecule has 0 fully saturated rings. The normalized spacial score (nSPS) is 13.3. The molecule has 0 radical (unpaired) electrons. The molecule has 12 heavy (non-hydrogen) atoms. The van der Waals surface area contributed by atoms with Crippen molar-refractivity contribution in [2.24, 2.45) is 0 Å². The van der Waals surface area contributed by atoms with Crippen LogP contribution in [0.15, 0.2) is 12.1 Å². The Hall–Kier alpha value is -1.71. The second-order valence-corrected chi connectivity index (χ2v) is 2.36. The Bertz CT molecular complexity index is 347. The van der Waals surface area contributed by atoms with Gasteiger partial charge in [0.15, 0.2) is 6.29 Å². The van der Waals surface area contributed by atoms with Gasteiger partial charge in [0, 0.05) is 5.56 Å². The maximum atomic E-state index is 10.3. The molecule has 0 bridgehead atoms. The van der Waals surface area contributed by atoms with Crippen molar-refractivity contribution >= 4 is 12.4 Å². The van der Waals surface area contributed by atoms with Crippen LogP contribution in [0.25, 0.3) is 6.08 Å². The third-order valence-electron chi connectivity index (χ3n) is 1.54. The van der Waals surface area contributed by atoms with Gasteiger partial charge in [0.1, 0.15) is 12.3 Å². The number of hydrogen-bond acceptors (Lipinski definition) is 4. The van der Waals surface area contributed by atoms with E-state index < -0.39 is 0 Å². The van der Waals surface area contributed by atoms with Gasteiger partial charge < -0.3 is 4.74 Å². The van der Waals surface area contributed by atoms with Gasteiger partial charge in [0.25, 0.3) is 0 Å². The molecule has 60 valence electrons. The molecule has 4 nitrogen and oxygen atoms in total. The lowest BCUT2D eigenvalue weighted by Gasteiger charge is -2.09. The van der Waals surface area contributed by atoms with Crippen LogP contribution < -0.4 is 4.74 Å². The maximum Gasteiger partial charge on any atom is 0.241 e. The maximum absolute atomic E-state index is 10.3. The molecule has 0 saturated carbocycles. The third kappa shape index (κ3) is 1.07. The van der Waals surface area contributed by atoms with Gasteiger partial charge in [-0.15, -0.1) is 10.2 Å². The smallest absolute Gasteiger partial charge is 0.241 e. The van der Waals surface area contributed by atoms with Gasteiger partial charge in [-0.1, -0.05) is 6.08 Å². The van der Waals surface area contributed by atoms with E-state index in [1.807, 2.05) is 12.2 Å². The van der Waals surface area contributed by atoms with Crippen LogP contribution >= 0.6 is 0 Å². The minimum Gasteiger partial charge on any atom is -0.472 e. The van der Waals surface area contributed by atoms with Gasteiger partial charge in [0.2, 0.25) is 5.88 Å². The summed E-state index contributed by atoms with van der Waals surface area (Å²) in [5.74, 6) is 0.489. The zero-order valence-electron chi connectivity index (χ0n) is 6.23. The summed E-state index contributed by atoms with van der Waals surface area (Å²) in [6, 6.07) is 1.64. The van der Waals surface area contributed by atoms with Crippen LogP contribution in [0, 0.1) is 0 Å². The summed E-state index contributed by atoms with van der Waals surface area (Å²) >= 11 is 0. The SMILES string of the molecule is O=Cc1cc2c(nn1)OCC=C2. The molecule has 1 aliphatic heterocycles. The number of ether oxygens (including phenoxy) is 1. The number of hydrogen-bond donors (Lipinski definition) is 0. The lowest BCUT2D eigenvalue weighted by Crippen LogP contribution is -2.05. The number of aromatic nitrogens is 2. The van der Waals surface area contributed by atoms with Crippen LogP contribution in [0.4, 0.5) is 0 Å². The minimum absolute atomic E-state index is 0.323. The Balaban J connectivity index is 2.51. The molecule has 2 rings (SSSR count). The van der Waals surface area contributed by atoms with Gasteiger partial charge in [-0.3, -0.25) is 4.79 Å². The molecule has 0 aliphatic carbocycles. The summed E-state index contributed by atoms with van der Waals surface area (Å²) < 4.78 is 5.15. The summed E-state index contributed by atoms with van der Waals surface area (Å²) in [5.41, 5.74) is 1.13. The molecule has 0 atom stereocenters. The predicted octanol–water partition coefficient (Wildman–Crippen LogP) is 0.695. The molecule has 0 N–H and O–H groups in total. The molecule has 1 aromatic rings. The largest absolute Gasteiger partial charge is 0.472 e. The highest BCUT2D eigenvalue weighted by Gasteiger charge is 2.07. The van der Waals surface area contributed by atoms with Gasteiger partial charge in [-0.05, 0) is 12.1 Å². The van der Waals surface area contributed by atoms with Crippen molar-refractivity contribution in [2.75, 3.05) is 6.61 Å². The van der Waals surface area contributed by atoms with Gasteiger partial charge in [-0.2, -0.15) is 0 Å². The molecule has 2 heterocycles. The van der Waals surface area contributed by atoms with Crippen molar-refractivity contribution < 1.29 is 9.53 Å². The highest BCUT2D eigenvalue weighted by molar-refractivity contribution is 5.73. The molecule has 0 unspecified atom stereocenters. The number of aldehydes is 1. The van der Waals surface area contributed by atoms with E-state index in [-0.39, 0.29) is 0 Å². The Morgan fingerprint density at radius 3 is 3.25 bits per heavy atom. The molecule has 0 spiro atoms. The van der Waals surface area contributed by atoms with Crippen molar-refractivity contribution in [1.82, 2.24) is 10.2 Å². The van der Waals surface area contributed by atoms with E-state index in [1.54, 1.807) is 6.07 Å². The first-order chi connectivity index (χ1) is 5.90. The number of fused-ring (bicyclic) bond motifs is 1. The van der Waals surface area contributed by atoms with Crippen LogP contribution in [0.5, 0.6) is 5.88 Å². The second-order valence-electron chi connectivity index (χ2n) is 2.36. The average molecular weight is 162 g/mol. The summed E-state index contributed by atoms with van der Waals surface area (Å²) in [6.07, 6.45) is 4.38. The Kier molecular flexibility index (Phi) is 1.59. The first-order valence-corrected chi connectivity index (χ1v) is 3.52. The molecular weight excluding hydrogens is 156 g/mol. The quantitative estimate of drug-likeness (QED) is 0.570. The molecule has 1 aliphatic rings. The number of carbonyl (C=O) groups is 1. The molecule has 4 heteroatoms. The predicted molar refractivity (Wildman–Crippen MR) is 41.9 cm³/mol. The van der Waals surface area contributed by atoms with Crippen LogP contribution in [-0.4, -0.2) is 23.1 Å². The monoisotopic (exact) mass is 162 g/mol. The summed E-state index contributed by atoms with van der Waals surface area (Å²) in [7, 11) is 0. The molecule has 0 aromatic carbocycles. The van der Waals surface area contributed by atoms with E-state index in [9.17, 15) is 4.79 Å². The average Bonchev–Trinajstić information content (AvgIpc) is 2.17. The number of nitrogens with zero attached hydrogens (tertiary/aromatic N) is 2. The zero-order valence-corrected chi connectivity index (χ0v) is 6.23. The summed E-state index contributed by atoms with van der Waals surface area (Å²) in [4.78, 5) is 10.3. The highest BCUT2D eigenvalue weighted by Crippen LogP contribution is 2.19. The highest BCUT2D eigenvalue weighted by atomic mass is 16.5. The van der Waals surface area contributed by atoms with Gasteiger partial charge in [0.05, 0.1) is 0 Å². The summed E-state index contributed by atoms with van der Waals surface area (Å²) in [6.45, 7) is 0.516. The van der Waals surface area contributed by atoms with Crippen molar-refractivity contribution in [2.45, 2.75) is 0 Å². The van der Waals surface area contributed by atoms with Crippen LogP contribution in [0.3, 0.4) is 0 Å². The molecule has 0 saturated heterocycles. The van der Waals surface area contributed by atoms with Gasteiger partial charge >= 0.3 is 0 Å². The topological polar surface area (TPSA) is 52.1 Å². The Morgan fingerprint density at radius 2 is 2.42 bits per heavy atom. The molecule has 0 amide bonds. The summed E-state index contributed by atoms with van der Waals surface area (Å²) in [5, 5.41) is 7.37. The fourth-order valence-electron chi connectivity index (χ4n) is 1.00. The first-order valence-electron chi connectivity index (χ1n) is 3.52. The number of rotatable bonds is 1. The van der Waals surface area contributed by atoms with E-state index in [2.05, 4.69) is 10.2 Å². The van der Waals surface area contributed by atoms with E-state index in [0.29, 0.717) is 24.5 Å². The fraction of sp³-hybridized carbons (Fsp3) is 0.125. The van der Waals surface area contributed by atoms with E-state index in [4.69, 9.17) is 4.74 Å². The van der Waals surface area contributed by atoms with E-state index >= 15 is 0 Å². The van der Waals surface area contributed by atoms with Crippen molar-refractivity contribution in [1.29, 1.82) is 0 Å². The fourth-order valence-corrected chi connectivity index (χ4v) is 1.00. The minimum atomic E-state index is 0.323. The lowest BCUT2D eigenvalue weighted by molar-refractivity contribution is 0.111. The van der Waals surface area contributed by atoms with Crippen molar-refractivity contribution in [3.8, 4) is 5.88 Å². The van der Waals surface area contributed by atoms with E-state index in [0.717, 1.165) is 5.56 Å². The van der Waals surface area contributed by atoms with E-state index in [1.165, 1.54) is 0 Å². The first kappa shape index (κ1) is 6.97. The Morgan fingerprint density at radius 1 is 1.50 bits per heavy atom. The van der Waals surface area contributed by atoms with Crippen molar-refractivity contribution in [3.05, 3.63) is 23.4 Å². The van der Waals surface area contributed by atoms with Crippen LogP contribution in [0.1, 0.15) is 16.1 Å².